The van der Waals surface area contributed by atoms with Gasteiger partial charge in [0.2, 0.25) is 0 Å². The molecule has 2 rings (SSSR count). The average Bonchev–Trinajstić information content (AvgIpc) is 3.01. The van der Waals surface area contributed by atoms with Crippen LogP contribution in [0.15, 0.2) is 29.4 Å². The number of hydrogen-bond acceptors (Lipinski definition) is 3. The number of hydrogen-bond donors (Lipinski definition) is 2. The standard InChI is InChI=1S/C17H28N6/c1-4-6-9-14(5-2)12-19-17(18-3)20-13-16-22-21-15-10-7-8-11-23(15)16/h7-8,10-11,14H,4-6,9,12-13H2,1-3H3,(H2,18,19,20). The molecule has 0 amide bonds. The van der Waals surface area contributed by atoms with E-state index in [1.165, 1.54) is 25.7 Å². The molecular formula is C17H28N6. The molecule has 2 N–H and O–H groups in total. The van der Waals surface area contributed by atoms with Gasteiger partial charge >= 0.3 is 0 Å². The van der Waals surface area contributed by atoms with E-state index < -0.39 is 0 Å². The lowest BCUT2D eigenvalue weighted by Gasteiger charge is -2.17. The molecule has 2 aromatic rings. The van der Waals surface area contributed by atoms with Crippen LogP contribution < -0.4 is 10.6 Å². The second-order valence-electron chi connectivity index (χ2n) is 5.77. The highest BCUT2D eigenvalue weighted by molar-refractivity contribution is 5.79. The SMILES string of the molecule is CCCCC(CC)CNC(=NC)NCc1nnc2ccccn12. The lowest BCUT2D eigenvalue weighted by atomic mass is 9.99. The molecule has 2 aromatic heterocycles. The summed E-state index contributed by atoms with van der Waals surface area (Å²) in [5, 5.41) is 15.1. The van der Waals surface area contributed by atoms with Crippen LogP contribution in [0.5, 0.6) is 0 Å². The van der Waals surface area contributed by atoms with Crippen LogP contribution in [-0.4, -0.2) is 34.2 Å². The summed E-state index contributed by atoms with van der Waals surface area (Å²) < 4.78 is 1.98. The van der Waals surface area contributed by atoms with Gasteiger partial charge in [-0.2, -0.15) is 0 Å². The molecule has 1 atom stereocenters. The van der Waals surface area contributed by atoms with Crippen molar-refractivity contribution >= 4 is 11.6 Å². The van der Waals surface area contributed by atoms with Gasteiger partial charge in [-0.3, -0.25) is 9.39 Å². The van der Waals surface area contributed by atoms with E-state index in [0.717, 1.165) is 24.0 Å². The van der Waals surface area contributed by atoms with Crippen molar-refractivity contribution < 1.29 is 0 Å². The number of unbranched alkanes of at least 4 members (excludes halogenated alkanes) is 1. The van der Waals surface area contributed by atoms with Crippen molar-refractivity contribution in [3.63, 3.8) is 0 Å². The highest BCUT2D eigenvalue weighted by Crippen LogP contribution is 2.11. The molecule has 0 radical (unpaired) electrons. The van der Waals surface area contributed by atoms with Crippen LogP contribution in [0.4, 0.5) is 0 Å². The lowest BCUT2D eigenvalue weighted by molar-refractivity contribution is 0.443. The van der Waals surface area contributed by atoms with E-state index in [-0.39, 0.29) is 0 Å². The van der Waals surface area contributed by atoms with E-state index in [2.05, 4.69) is 39.7 Å². The summed E-state index contributed by atoms with van der Waals surface area (Å²) in [6.45, 7) is 6.04. The second kappa shape index (κ2) is 9.12. The predicted molar refractivity (Wildman–Crippen MR) is 94.5 cm³/mol. The molecule has 0 saturated carbocycles. The first-order chi connectivity index (χ1) is 11.3. The molecule has 126 valence electrons. The molecule has 0 aliphatic carbocycles. The van der Waals surface area contributed by atoms with Crippen molar-refractivity contribution in [2.24, 2.45) is 10.9 Å². The molecule has 0 aliphatic rings. The zero-order valence-electron chi connectivity index (χ0n) is 14.4. The summed E-state index contributed by atoms with van der Waals surface area (Å²) in [5.74, 6) is 2.39. The number of rotatable bonds is 8. The third-order valence-electron chi connectivity index (χ3n) is 4.12. The van der Waals surface area contributed by atoms with Crippen LogP contribution in [-0.2, 0) is 6.54 Å². The quantitative estimate of drug-likeness (QED) is 0.580. The summed E-state index contributed by atoms with van der Waals surface area (Å²) in [6.07, 6.45) is 6.98. The van der Waals surface area contributed by atoms with Crippen LogP contribution in [0, 0.1) is 5.92 Å². The maximum atomic E-state index is 4.29. The maximum Gasteiger partial charge on any atom is 0.191 e. The Morgan fingerprint density at radius 3 is 2.87 bits per heavy atom. The number of aliphatic imine (C=N–C) groups is 1. The Morgan fingerprint density at radius 2 is 2.13 bits per heavy atom. The first-order valence-corrected chi connectivity index (χ1v) is 8.51. The van der Waals surface area contributed by atoms with Crippen molar-refractivity contribution in [2.75, 3.05) is 13.6 Å². The minimum atomic E-state index is 0.594. The van der Waals surface area contributed by atoms with Gasteiger partial charge in [-0.05, 0) is 24.5 Å². The Kier molecular flexibility index (Phi) is 6.84. The van der Waals surface area contributed by atoms with Crippen LogP contribution in [0.3, 0.4) is 0 Å². The fourth-order valence-electron chi connectivity index (χ4n) is 2.58. The molecule has 0 bridgehead atoms. The fourth-order valence-corrected chi connectivity index (χ4v) is 2.58. The van der Waals surface area contributed by atoms with E-state index in [1.54, 1.807) is 7.05 Å². The minimum Gasteiger partial charge on any atom is -0.356 e. The third kappa shape index (κ3) is 4.94. The second-order valence-corrected chi connectivity index (χ2v) is 5.77. The highest BCUT2D eigenvalue weighted by atomic mass is 15.3. The predicted octanol–water partition coefficient (Wildman–Crippen LogP) is 2.61. The van der Waals surface area contributed by atoms with Crippen molar-refractivity contribution in [1.29, 1.82) is 0 Å². The van der Waals surface area contributed by atoms with Gasteiger partial charge in [0, 0.05) is 19.8 Å². The van der Waals surface area contributed by atoms with Gasteiger partial charge in [-0.15, -0.1) is 10.2 Å². The number of fused-ring (bicyclic) bond motifs is 1. The molecule has 0 fully saturated rings. The Bertz CT molecular complexity index is 618. The Labute approximate surface area is 138 Å². The fraction of sp³-hybridized carbons (Fsp3) is 0.588. The van der Waals surface area contributed by atoms with E-state index in [1.807, 2.05) is 28.8 Å². The summed E-state index contributed by atoms with van der Waals surface area (Å²) in [6, 6.07) is 5.89. The number of pyridine rings is 1. The number of aromatic nitrogens is 3. The maximum absolute atomic E-state index is 4.29. The molecule has 6 heteroatoms. The summed E-state index contributed by atoms with van der Waals surface area (Å²) in [5.41, 5.74) is 0.859. The molecule has 0 spiro atoms. The summed E-state index contributed by atoms with van der Waals surface area (Å²) >= 11 is 0. The summed E-state index contributed by atoms with van der Waals surface area (Å²) in [4.78, 5) is 4.29. The zero-order chi connectivity index (χ0) is 16.5. The number of nitrogens with zero attached hydrogens (tertiary/aromatic N) is 4. The molecule has 0 aromatic carbocycles. The Hall–Kier alpha value is -2.11. The molecule has 6 nitrogen and oxygen atoms in total. The largest absolute Gasteiger partial charge is 0.356 e. The van der Waals surface area contributed by atoms with Crippen LogP contribution in [0.2, 0.25) is 0 Å². The van der Waals surface area contributed by atoms with Gasteiger partial charge < -0.3 is 10.6 Å². The zero-order valence-corrected chi connectivity index (χ0v) is 14.4. The van der Waals surface area contributed by atoms with Gasteiger partial charge in [0.05, 0.1) is 6.54 Å². The van der Waals surface area contributed by atoms with Gasteiger partial charge in [0.1, 0.15) is 0 Å². The van der Waals surface area contributed by atoms with Gasteiger partial charge in [-0.1, -0.05) is 39.2 Å². The summed E-state index contributed by atoms with van der Waals surface area (Å²) in [7, 11) is 1.80. The molecule has 2 heterocycles. The van der Waals surface area contributed by atoms with E-state index in [4.69, 9.17) is 0 Å². The molecule has 1 unspecified atom stereocenters. The normalized spacial score (nSPS) is 13.3. The highest BCUT2D eigenvalue weighted by Gasteiger charge is 2.08. The first kappa shape index (κ1) is 17.2. The van der Waals surface area contributed by atoms with Crippen LogP contribution >= 0.6 is 0 Å². The van der Waals surface area contributed by atoms with E-state index in [0.29, 0.717) is 12.5 Å². The molecule has 23 heavy (non-hydrogen) atoms. The minimum absolute atomic E-state index is 0.594. The third-order valence-corrected chi connectivity index (χ3v) is 4.12. The first-order valence-electron chi connectivity index (χ1n) is 8.51. The van der Waals surface area contributed by atoms with E-state index in [9.17, 15) is 0 Å². The average molecular weight is 316 g/mol. The topological polar surface area (TPSA) is 66.6 Å². The van der Waals surface area contributed by atoms with Crippen LogP contribution in [0.1, 0.15) is 45.4 Å². The van der Waals surface area contributed by atoms with Crippen LogP contribution in [0.25, 0.3) is 5.65 Å². The van der Waals surface area contributed by atoms with E-state index >= 15 is 0 Å². The molecule has 0 aliphatic heterocycles. The van der Waals surface area contributed by atoms with Crippen molar-refractivity contribution in [3.05, 3.63) is 30.2 Å². The van der Waals surface area contributed by atoms with Crippen molar-refractivity contribution in [3.8, 4) is 0 Å². The van der Waals surface area contributed by atoms with Crippen molar-refractivity contribution in [1.82, 2.24) is 25.2 Å². The van der Waals surface area contributed by atoms with Gasteiger partial charge in [0.25, 0.3) is 0 Å². The number of guanidine groups is 1. The molecule has 0 saturated heterocycles. The number of nitrogens with one attached hydrogen (secondary N) is 2. The lowest BCUT2D eigenvalue weighted by Crippen LogP contribution is -2.39. The monoisotopic (exact) mass is 316 g/mol. The smallest absolute Gasteiger partial charge is 0.191 e. The van der Waals surface area contributed by atoms with Gasteiger partial charge in [-0.25, -0.2) is 0 Å². The van der Waals surface area contributed by atoms with Crippen molar-refractivity contribution in [2.45, 2.75) is 46.1 Å². The van der Waals surface area contributed by atoms with Gasteiger partial charge in [0.15, 0.2) is 17.4 Å². The molecular weight excluding hydrogens is 288 g/mol. The Morgan fingerprint density at radius 1 is 1.26 bits per heavy atom. The Balaban J connectivity index is 1.85.